The molecule has 96 valence electrons. The number of nitrogens with zero attached hydrogens (tertiary/aromatic N) is 2. The van der Waals surface area contributed by atoms with Crippen molar-refractivity contribution >= 4 is 0 Å². The third-order valence-corrected chi connectivity index (χ3v) is 3.68. The molecule has 0 aromatic heterocycles. The van der Waals surface area contributed by atoms with E-state index in [9.17, 15) is 10.2 Å². The fraction of sp³-hybridized carbons (Fsp3) is 1.00. The van der Waals surface area contributed by atoms with Crippen LogP contribution in [-0.2, 0) is 0 Å². The van der Waals surface area contributed by atoms with Crippen LogP contribution in [0.3, 0.4) is 0 Å². The Morgan fingerprint density at radius 2 is 1.81 bits per heavy atom. The van der Waals surface area contributed by atoms with Gasteiger partial charge < -0.3 is 20.0 Å². The fourth-order valence-corrected chi connectivity index (χ4v) is 2.54. The smallest absolute Gasteiger partial charge is 0.0519 e. The molecule has 1 fully saturated rings. The van der Waals surface area contributed by atoms with Gasteiger partial charge in [0.25, 0.3) is 0 Å². The minimum Gasteiger partial charge on any atom is -0.396 e. The molecule has 2 N–H and O–H groups in total. The van der Waals surface area contributed by atoms with Crippen LogP contribution >= 0.6 is 0 Å². The highest BCUT2D eigenvalue weighted by Gasteiger charge is 2.34. The molecule has 1 heterocycles. The molecule has 1 rings (SSSR count). The van der Waals surface area contributed by atoms with E-state index in [0.717, 1.165) is 19.6 Å². The molecule has 1 saturated heterocycles. The average molecular weight is 230 g/mol. The van der Waals surface area contributed by atoms with E-state index < -0.39 is 0 Å². The molecular weight excluding hydrogens is 204 g/mol. The van der Waals surface area contributed by atoms with E-state index in [1.807, 2.05) is 6.92 Å². The summed E-state index contributed by atoms with van der Waals surface area (Å²) in [5, 5.41) is 18.6. The van der Waals surface area contributed by atoms with Crippen LogP contribution in [0.5, 0.6) is 0 Å². The third kappa shape index (κ3) is 3.17. The van der Waals surface area contributed by atoms with Crippen LogP contribution in [0.25, 0.3) is 0 Å². The highest BCUT2D eigenvalue weighted by Crippen LogP contribution is 2.24. The van der Waals surface area contributed by atoms with Gasteiger partial charge in [0, 0.05) is 31.1 Å². The van der Waals surface area contributed by atoms with Crippen molar-refractivity contribution in [2.24, 2.45) is 11.3 Å². The number of rotatable bonds is 5. The van der Waals surface area contributed by atoms with Crippen molar-refractivity contribution in [1.82, 2.24) is 9.80 Å². The van der Waals surface area contributed by atoms with Gasteiger partial charge in [-0.2, -0.15) is 0 Å². The maximum absolute atomic E-state index is 9.29. The molecule has 0 aromatic carbocycles. The first-order valence-corrected chi connectivity index (χ1v) is 6.02. The molecule has 4 nitrogen and oxygen atoms in total. The quantitative estimate of drug-likeness (QED) is 0.690. The Morgan fingerprint density at radius 1 is 1.25 bits per heavy atom. The molecular formula is C12H26N2O2. The van der Waals surface area contributed by atoms with Crippen LogP contribution in [0.15, 0.2) is 0 Å². The van der Waals surface area contributed by atoms with E-state index in [1.165, 1.54) is 0 Å². The fourth-order valence-electron chi connectivity index (χ4n) is 2.54. The highest BCUT2D eigenvalue weighted by molar-refractivity contribution is 4.89. The first-order chi connectivity index (χ1) is 7.41. The largest absolute Gasteiger partial charge is 0.396 e. The van der Waals surface area contributed by atoms with Gasteiger partial charge in [0.15, 0.2) is 0 Å². The maximum Gasteiger partial charge on any atom is 0.0519 e. The summed E-state index contributed by atoms with van der Waals surface area (Å²) in [5.74, 6) is 0.650. The van der Waals surface area contributed by atoms with Crippen LogP contribution in [0.2, 0.25) is 0 Å². The van der Waals surface area contributed by atoms with E-state index >= 15 is 0 Å². The maximum atomic E-state index is 9.29. The zero-order chi connectivity index (χ0) is 12.3. The van der Waals surface area contributed by atoms with Crippen molar-refractivity contribution in [3.8, 4) is 0 Å². The van der Waals surface area contributed by atoms with Gasteiger partial charge in [-0.1, -0.05) is 13.8 Å². The van der Waals surface area contributed by atoms with Crippen molar-refractivity contribution in [1.29, 1.82) is 0 Å². The second kappa shape index (κ2) is 5.45. The Balaban J connectivity index is 2.53. The first-order valence-electron chi connectivity index (χ1n) is 6.02. The summed E-state index contributed by atoms with van der Waals surface area (Å²) in [6.45, 7) is 7.14. The molecule has 0 aromatic rings. The molecule has 0 bridgehead atoms. The summed E-state index contributed by atoms with van der Waals surface area (Å²) in [6, 6.07) is 0.585. The number of aliphatic hydroxyl groups is 2. The van der Waals surface area contributed by atoms with E-state index in [2.05, 4.69) is 30.8 Å². The summed E-state index contributed by atoms with van der Waals surface area (Å²) >= 11 is 0. The van der Waals surface area contributed by atoms with Gasteiger partial charge >= 0.3 is 0 Å². The molecule has 0 aliphatic carbocycles. The van der Waals surface area contributed by atoms with Gasteiger partial charge in [0.1, 0.15) is 0 Å². The number of aliphatic hydroxyl groups excluding tert-OH is 2. The average Bonchev–Trinajstić information content (AvgIpc) is 2.59. The van der Waals surface area contributed by atoms with Crippen molar-refractivity contribution in [3.63, 3.8) is 0 Å². The molecule has 0 radical (unpaired) electrons. The second-order valence-corrected chi connectivity index (χ2v) is 5.83. The van der Waals surface area contributed by atoms with E-state index in [0.29, 0.717) is 12.0 Å². The molecule has 1 aliphatic rings. The topological polar surface area (TPSA) is 46.9 Å². The Kier molecular flexibility index (Phi) is 4.73. The summed E-state index contributed by atoms with van der Waals surface area (Å²) in [5.41, 5.74) is -0.374. The van der Waals surface area contributed by atoms with Gasteiger partial charge in [0.2, 0.25) is 0 Å². The monoisotopic (exact) mass is 230 g/mol. The highest BCUT2D eigenvalue weighted by atomic mass is 16.3. The molecule has 2 atom stereocenters. The summed E-state index contributed by atoms with van der Waals surface area (Å²) in [7, 11) is 4.23. The Hall–Kier alpha value is -0.160. The van der Waals surface area contributed by atoms with E-state index in [4.69, 9.17) is 0 Å². The van der Waals surface area contributed by atoms with Crippen LogP contribution in [-0.4, -0.2) is 73.0 Å². The van der Waals surface area contributed by atoms with Crippen molar-refractivity contribution < 1.29 is 10.2 Å². The normalized spacial score (nSPS) is 27.9. The lowest BCUT2D eigenvalue weighted by molar-refractivity contribution is 0.0396. The van der Waals surface area contributed by atoms with Gasteiger partial charge in [0.05, 0.1) is 13.2 Å². The Labute approximate surface area is 98.9 Å². The SMILES string of the molecule is CC1CN(CC(C)(CO)CO)CC1N(C)C. The predicted octanol–water partition coefficient (Wildman–Crippen LogP) is -0.141. The molecule has 16 heavy (non-hydrogen) atoms. The van der Waals surface area contributed by atoms with Crippen LogP contribution in [0.1, 0.15) is 13.8 Å². The zero-order valence-corrected chi connectivity index (χ0v) is 11.0. The van der Waals surface area contributed by atoms with Crippen molar-refractivity contribution in [3.05, 3.63) is 0 Å². The lowest BCUT2D eigenvalue weighted by Crippen LogP contribution is -2.41. The molecule has 0 saturated carbocycles. The number of hydrogen-bond acceptors (Lipinski definition) is 4. The van der Waals surface area contributed by atoms with Gasteiger partial charge in [-0.25, -0.2) is 0 Å². The van der Waals surface area contributed by atoms with Crippen LogP contribution < -0.4 is 0 Å². The van der Waals surface area contributed by atoms with Gasteiger partial charge in [-0.05, 0) is 20.0 Å². The minimum absolute atomic E-state index is 0.0427. The van der Waals surface area contributed by atoms with Crippen LogP contribution in [0, 0.1) is 11.3 Å². The number of likely N-dealkylation sites (N-methyl/N-ethyl adjacent to an activating group) is 1. The molecule has 0 spiro atoms. The van der Waals surface area contributed by atoms with Gasteiger partial charge in [-0.3, -0.25) is 0 Å². The standard InChI is InChI=1S/C12H26N2O2/c1-10-5-14(6-11(10)13(3)4)7-12(2,8-15)9-16/h10-11,15-16H,5-9H2,1-4H3. The van der Waals surface area contributed by atoms with E-state index in [-0.39, 0.29) is 18.6 Å². The van der Waals surface area contributed by atoms with E-state index in [1.54, 1.807) is 0 Å². The van der Waals surface area contributed by atoms with Gasteiger partial charge in [-0.15, -0.1) is 0 Å². The summed E-state index contributed by atoms with van der Waals surface area (Å²) in [6.07, 6.45) is 0. The summed E-state index contributed by atoms with van der Waals surface area (Å²) in [4.78, 5) is 4.61. The predicted molar refractivity (Wildman–Crippen MR) is 65.4 cm³/mol. The lowest BCUT2D eigenvalue weighted by Gasteiger charge is -2.30. The number of likely N-dealkylation sites (tertiary alicyclic amines) is 1. The molecule has 2 unspecified atom stereocenters. The van der Waals surface area contributed by atoms with Crippen molar-refractivity contribution in [2.75, 3.05) is 46.9 Å². The zero-order valence-electron chi connectivity index (χ0n) is 11.0. The molecule has 0 amide bonds. The van der Waals surface area contributed by atoms with Crippen LogP contribution in [0.4, 0.5) is 0 Å². The second-order valence-electron chi connectivity index (χ2n) is 5.83. The Morgan fingerprint density at radius 3 is 2.19 bits per heavy atom. The lowest BCUT2D eigenvalue weighted by atomic mass is 9.92. The third-order valence-electron chi connectivity index (χ3n) is 3.68. The molecule has 4 heteroatoms. The first kappa shape index (κ1) is 13.9. The molecule has 1 aliphatic heterocycles. The summed E-state index contributed by atoms with van der Waals surface area (Å²) < 4.78 is 0. The van der Waals surface area contributed by atoms with Crippen molar-refractivity contribution in [2.45, 2.75) is 19.9 Å². The minimum atomic E-state index is -0.374. The Bertz CT molecular complexity index is 217. The number of hydrogen-bond donors (Lipinski definition) is 2.